The molecule has 9 heteroatoms. The molecule has 0 aliphatic carbocycles. The molecule has 0 atom stereocenters. The zero-order chi connectivity index (χ0) is 31.2. The summed E-state index contributed by atoms with van der Waals surface area (Å²) in [5, 5.41) is 6.07. The first-order valence-corrected chi connectivity index (χ1v) is 14.9. The smallest absolute Gasteiger partial charge is 0.282 e. The van der Waals surface area contributed by atoms with E-state index in [0.717, 1.165) is 50.8 Å². The highest BCUT2D eigenvalue weighted by Gasteiger charge is 2.17. The average molecular weight is 609 g/mol. The molecule has 0 spiro atoms. The van der Waals surface area contributed by atoms with Gasteiger partial charge in [-0.05, 0) is 86.1 Å². The molecule has 226 valence electrons. The van der Waals surface area contributed by atoms with Crippen LogP contribution < -0.4 is 19.8 Å². The fourth-order valence-electron chi connectivity index (χ4n) is 5.81. The van der Waals surface area contributed by atoms with Gasteiger partial charge >= 0.3 is 0 Å². The third kappa shape index (κ3) is 4.88. The van der Waals surface area contributed by atoms with E-state index >= 15 is 0 Å². The van der Waals surface area contributed by atoms with E-state index in [2.05, 4.69) is 9.67 Å². The number of nitrogens with zero attached hydrogens (tertiary/aromatic N) is 4. The summed E-state index contributed by atoms with van der Waals surface area (Å²) in [7, 11) is 0. The molecule has 9 nitrogen and oxygen atoms in total. The summed E-state index contributed by atoms with van der Waals surface area (Å²) in [5.74, 6) is 3.05. The molecule has 0 saturated heterocycles. The number of rotatable bonds is 7. The van der Waals surface area contributed by atoms with Crippen molar-refractivity contribution in [2.24, 2.45) is 5.10 Å². The van der Waals surface area contributed by atoms with Crippen LogP contribution >= 0.6 is 0 Å². The molecular weight excluding hydrogens is 580 g/mol. The first kappa shape index (κ1) is 27.5. The number of aromatic nitrogens is 3. The van der Waals surface area contributed by atoms with Crippen molar-refractivity contribution >= 4 is 28.1 Å². The van der Waals surface area contributed by atoms with Crippen LogP contribution in [0.2, 0.25) is 0 Å². The normalized spacial score (nSPS) is 12.5. The Morgan fingerprint density at radius 2 is 1.70 bits per heavy atom. The lowest BCUT2D eigenvalue weighted by Crippen LogP contribution is -2.20. The largest absolute Gasteiger partial charge is 0.489 e. The molecule has 4 heterocycles. The van der Waals surface area contributed by atoms with Crippen LogP contribution in [-0.4, -0.2) is 27.2 Å². The summed E-state index contributed by atoms with van der Waals surface area (Å²) >= 11 is 0. The molecule has 7 aromatic rings. The standard InChI is InChI=1S/C37H28N4O5/c1-23-17-27(24(2)40(23)28-12-14-29(15-13-28)43-21-25-11-16-33-34(18-25)45-22-44-33)20-38-41-36(35-19-26-7-3-6-10-32(26)46-35)39-31-9-5-4-8-30(31)37(41)42/h3-20H,21-22H2,1-2H3. The van der Waals surface area contributed by atoms with Gasteiger partial charge in [-0.1, -0.05) is 36.4 Å². The lowest BCUT2D eigenvalue weighted by molar-refractivity contribution is 0.174. The Morgan fingerprint density at radius 3 is 2.57 bits per heavy atom. The van der Waals surface area contributed by atoms with Crippen LogP contribution in [0.25, 0.3) is 39.1 Å². The number of fused-ring (bicyclic) bond motifs is 3. The highest BCUT2D eigenvalue weighted by Crippen LogP contribution is 2.33. The van der Waals surface area contributed by atoms with E-state index in [1.54, 1.807) is 12.3 Å². The molecule has 3 aromatic heterocycles. The van der Waals surface area contributed by atoms with Crippen molar-refractivity contribution in [2.75, 3.05) is 6.79 Å². The molecule has 0 bridgehead atoms. The second kappa shape index (κ2) is 11.1. The summed E-state index contributed by atoms with van der Waals surface area (Å²) in [6, 6.07) is 32.6. The number of furan rings is 1. The number of aryl methyl sites for hydroxylation is 1. The van der Waals surface area contributed by atoms with Gasteiger partial charge in [-0.3, -0.25) is 4.79 Å². The van der Waals surface area contributed by atoms with Crippen molar-refractivity contribution in [1.82, 2.24) is 14.2 Å². The number of para-hydroxylation sites is 2. The zero-order valence-corrected chi connectivity index (χ0v) is 25.1. The monoisotopic (exact) mass is 608 g/mol. The van der Waals surface area contributed by atoms with Gasteiger partial charge in [0.05, 0.1) is 17.1 Å². The predicted molar refractivity (Wildman–Crippen MR) is 176 cm³/mol. The highest BCUT2D eigenvalue weighted by atomic mass is 16.7. The predicted octanol–water partition coefficient (Wildman–Crippen LogP) is 7.41. The van der Waals surface area contributed by atoms with Crippen LogP contribution in [0.3, 0.4) is 0 Å². The Labute approximate surface area is 263 Å². The molecule has 4 aromatic carbocycles. The minimum absolute atomic E-state index is 0.246. The number of hydrogen-bond acceptors (Lipinski definition) is 7. The van der Waals surface area contributed by atoms with Crippen LogP contribution in [0.5, 0.6) is 17.2 Å². The summed E-state index contributed by atoms with van der Waals surface area (Å²) in [4.78, 5) is 18.5. The average Bonchev–Trinajstić information content (AvgIpc) is 3.80. The van der Waals surface area contributed by atoms with Crippen molar-refractivity contribution in [3.05, 3.63) is 136 Å². The van der Waals surface area contributed by atoms with Gasteiger partial charge in [0, 0.05) is 28.0 Å². The summed E-state index contributed by atoms with van der Waals surface area (Å²) in [6.45, 7) is 4.73. The van der Waals surface area contributed by atoms with Crippen LogP contribution in [0, 0.1) is 13.8 Å². The van der Waals surface area contributed by atoms with Crippen molar-refractivity contribution in [2.45, 2.75) is 20.5 Å². The first-order chi connectivity index (χ1) is 22.5. The fourth-order valence-corrected chi connectivity index (χ4v) is 5.81. The summed E-state index contributed by atoms with van der Waals surface area (Å²) in [6.07, 6.45) is 1.70. The van der Waals surface area contributed by atoms with E-state index in [4.69, 9.17) is 23.6 Å². The van der Waals surface area contributed by atoms with Gasteiger partial charge in [0.1, 0.15) is 17.9 Å². The van der Waals surface area contributed by atoms with Gasteiger partial charge in [-0.25, -0.2) is 4.98 Å². The Morgan fingerprint density at radius 1 is 0.891 bits per heavy atom. The highest BCUT2D eigenvalue weighted by molar-refractivity contribution is 5.85. The Balaban J connectivity index is 1.09. The minimum atomic E-state index is -0.276. The lowest BCUT2D eigenvalue weighted by Gasteiger charge is -2.12. The Hall–Kier alpha value is -6.09. The first-order valence-electron chi connectivity index (χ1n) is 14.9. The van der Waals surface area contributed by atoms with E-state index in [9.17, 15) is 4.79 Å². The van der Waals surface area contributed by atoms with Gasteiger partial charge in [0.2, 0.25) is 12.6 Å². The van der Waals surface area contributed by atoms with Crippen LogP contribution in [0.15, 0.2) is 117 Å². The number of benzene rings is 4. The molecule has 0 radical (unpaired) electrons. The summed E-state index contributed by atoms with van der Waals surface area (Å²) in [5.41, 5.74) is 5.87. The topological polar surface area (TPSA) is 93.0 Å². The van der Waals surface area contributed by atoms with E-state index in [1.807, 2.05) is 111 Å². The van der Waals surface area contributed by atoms with Crippen molar-refractivity contribution in [1.29, 1.82) is 0 Å². The molecule has 0 fully saturated rings. The second-order valence-corrected chi connectivity index (χ2v) is 11.1. The summed E-state index contributed by atoms with van der Waals surface area (Å²) < 4.78 is 26.5. The van der Waals surface area contributed by atoms with Gasteiger partial charge < -0.3 is 23.2 Å². The fraction of sp³-hybridized carbons (Fsp3) is 0.108. The third-order valence-corrected chi connectivity index (χ3v) is 8.12. The molecule has 1 aliphatic heterocycles. The van der Waals surface area contributed by atoms with Gasteiger partial charge in [-0.15, -0.1) is 0 Å². The zero-order valence-electron chi connectivity index (χ0n) is 25.1. The molecular formula is C37H28N4O5. The van der Waals surface area contributed by atoms with E-state index in [1.165, 1.54) is 4.68 Å². The Kier molecular flexibility index (Phi) is 6.64. The molecule has 46 heavy (non-hydrogen) atoms. The van der Waals surface area contributed by atoms with Crippen molar-refractivity contribution in [3.63, 3.8) is 0 Å². The van der Waals surface area contributed by atoms with E-state index < -0.39 is 0 Å². The van der Waals surface area contributed by atoms with Crippen molar-refractivity contribution in [3.8, 4) is 34.5 Å². The Bertz CT molecular complexity index is 2310. The molecule has 0 N–H and O–H groups in total. The van der Waals surface area contributed by atoms with E-state index in [0.29, 0.717) is 34.7 Å². The van der Waals surface area contributed by atoms with Gasteiger partial charge in [0.15, 0.2) is 17.3 Å². The maximum absolute atomic E-state index is 13.7. The molecule has 1 aliphatic rings. The van der Waals surface area contributed by atoms with Crippen LogP contribution in [-0.2, 0) is 6.61 Å². The second-order valence-electron chi connectivity index (χ2n) is 11.1. The number of hydrogen-bond donors (Lipinski definition) is 0. The molecule has 0 saturated carbocycles. The molecule has 0 amide bonds. The van der Waals surface area contributed by atoms with Crippen LogP contribution in [0.4, 0.5) is 0 Å². The van der Waals surface area contributed by atoms with Crippen molar-refractivity contribution < 1.29 is 18.6 Å². The van der Waals surface area contributed by atoms with Gasteiger partial charge in [0.25, 0.3) is 5.56 Å². The SMILES string of the molecule is Cc1cc(C=Nn2c(-c3cc4ccccc4o3)nc3ccccc3c2=O)c(C)n1-c1ccc(OCc2ccc3c(c2)OCO3)cc1. The lowest BCUT2D eigenvalue weighted by atomic mass is 10.2. The maximum atomic E-state index is 13.7. The maximum Gasteiger partial charge on any atom is 0.282 e. The van der Waals surface area contributed by atoms with Gasteiger partial charge in [-0.2, -0.15) is 9.78 Å². The quantitative estimate of drug-likeness (QED) is 0.175. The number of ether oxygens (including phenoxy) is 3. The van der Waals surface area contributed by atoms with Crippen LogP contribution in [0.1, 0.15) is 22.5 Å². The third-order valence-electron chi connectivity index (χ3n) is 8.12. The molecule has 0 unspecified atom stereocenters. The molecule has 8 rings (SSSR count). The minimum Gasteiger partial charge on any atom is -0.489 e. The van der Waals surface area contributed by atoms with E-state index in [-0.39, 0.29) is 12.4 Å².